The number of thiophene rings is 2. The van der Waals surface area contributed by atoms with E-state index >= 15 is 0 Å². The van der Waals surface area contributed by atoms with Crippen molar-refractivity contribution in [2.75, 3.05) is 0 Å². The topological polar surface area (TPSA) is 0 Å². The molecule has 0 unspecified atom stereocenters. The Balaban J connectivity index is 2.30. The maximum absolute atomic E-state index is 12.4. The second-order valence-electron chi connectivity index (χ2n) is 9.05. The average Bonchev–Trinajstić information content (AvgIpc) is 3.14. The van der Waals surface area contributed by atoms with Crippen molar-refractivity contribution in [2.24, 2.45) is 0 Å². The van der Waals surface area contributed by atoms with Crippen molar-refractivity contribution in [3.63, 3.8) is 0 Å². The Morgan fingerprint density at radius 3 is 1.63 bits per heavy atom. The zero-order valence-corrected chi connectivity index (χ0v) is 18.5. The molecule has 2 aromatic heterocycles. The van der Waals surface area contributed by atoms with Crippen molar-refractivity contribution in [3.05, 3.63) is 46.2 Å². The predicted molar refractivity (Wildman–Crippen MR) is 116 cm³/mol. The van der Waals surface area contributed by atoms with Gasteiger partial charge in [-0.2, -0.15) is 35.8 Å². The number of halogens is 3. The van der Waals surface area contributed by atoms with Crippen molar-refractivity contribution in [2.45, 2.75) is 71.3 Å². The Labute approximate surface area is 169 Å². The average molecular weight is 412 g/mol. The summed E-state index contributed by atoms with van der Waals surface area (Å²) in [4.78, 5) is 0. The van der Waals surface area contributed by atoms with Crippen LogP contribution in [0, 0.1) is 0 Å². The fourth-order valence-corrected chi connectivity index (χ4v) is 5.41. The highest BCUT2D eigenvalue weighted by Crippen LogP contribution is 2.27. The molecule has 0 aromatic carbocycles. The van der Waals surface area contributed by atoms with Crippen LogP contribution in [0.15, 0.2) is 35.0 Å². The summed E-state index contributed by atoms with van der Waals surface area (Å²) in [5.74, 6) is 0. The van der Waals surface area contributed by atoms with Crippen LogP contribution in [0.3, 0.4) is 0 Å². The molecule has 0 aliphatic carbocycles. The van der Waals surface area contributed by atoms with Crippen LogP contribution in [0.2, 0.25) is 6.32 Å². The van der Waals surface area contributed by atoms with Gasteiger partial charge < -0.3 is 0 Å². The van der Waals surface area contributed by atoms with Crippen LogP contribution in [-0.2, 0) is 10.8 Å². The van der Waals surface area contributed by atoms with Crippen LogP contribution >= 0.6 is 22.7 Å². The van der Waals surface area contributed by atoms with Gasteiger partial charge in [-0.1, -0.05) is 66.1 Å². The van der Waals surface area contributed by atoms with E-state index in [4.69, 9.17) is 0 Å². The minimum atomic E-state index is -4.24. The third-order valence-corrected chi connectivity index (χ3v) is 6.68. The lowest BCUT2D eigenvalue weighted by Crippen LogP contribution is -2.38. The van der Waals surface area contributed by atoms with E-state index in [2.05, 4.69) is 64.4 Å². The first-order valence-electron chi connectivity index (χ1n) is 9.19. The minimum absolute atomic E-state index is 0.0709. The quantitative estimate of drug-likeness (QED) is 0.387. The Hall–Kier alpha value is -1.01. The summed E-state index contributed by atoms with van der Waals surface area (Å²) >= 11 is 3.44. The van der Waals surface area contributed by atoms with Crippen LogP contribution in [0.25, 0.3) is 0 Å². The molecule has 0 radical (unpaired) electrons. The molecule has 148 valence electrons. The number of hydrogen-bond acceptors (Lipinski definition) is 2. The van der Waals surface area contributed by atoms with Gasteiger partial charge in [0.1, 0.15) is 0 Å². The Morgan fingerprint density at radius 1 is 0.852 bits per heavy atom. The van der Waals surface area contributed by atoms with E-state index in [0.29, 0.717) is 18.8 Å². The van der Waals surface area contributed by atoms with E-state index in [9.17, 15) is 13.2 Å². The fraction of sp³-hybridized carbons (Fsp3) is 0.524. The molecule has 0 bridgehead atoms. The first kappa shape index (κ1) is 22.3. The maximum atomic E-state index is 12.4. The van der Waals surface area contributed by atoms with Crippen LogP contribution < -0.4 is 9.55 Å². The summed E-state index contributed by atoms with van der Waals surface area (Å²) < 4.78 is 39.7. The van der Waals surface area contributed by atoms with Crippen molar-refractivity contribution in [3.8, 4) is 0 Å². The first-order chi connectivity index (χ1) is 12.3. The smallest absolute Gasteiger partial charge is 0.167 e. The molecular weight excluding hydrogens is 384 g/mol. The van der Waals surface area contributed by atoms with Gasteiger partial charge in [-0.3, -0.25) is 0 Å². The molecule has 0 saturated carbocycles. The normalized spacial score (nSPS) is 13.5. The van der Waals surface area contributed by atoms with Gasteiger partial charge in [0.05, 0.1) is 0 Å². The maximum Gasteiger partial charge on any atom is 0.409 e. The van der Waals surface area contributed by atoms with Crippen molar-refractivity contribution >= 4 is 38.9 Å². The fourth-order valence-electron chi connectivity index (χ4n) is 2.76. The van der Waals surface area contributed by atoms with E-state index in [0.717, 1.165) is 0 Å². The van der Waals surface area contributed by atoms with Gasteiger partial charge in [0.15, 0.2) is 0 Å². The number of allylic oxidation sites excluding steroid dienone is 2. The number of alkyl halides is 3. The van der Waals surface area contributed by atoms with Gasteiger partial charge in [0, 0.05) is 6.08 Å². The highest BCUT2D eigenvalue weighted by atomic mass is 32.1. The zero-order valence-electron chi connectivity index (χ0n) is 16.9. The molecule has 2 heterocycles. The molecule has 0 aliphatic heterocycles. The van der Waals surface area contributed by atoms with Gasteiger partial charge in [-0.15, -0.1) is 0 Å². The second-order valence-corrected chi connectivity index (χ2v) is 10.9. The molecule has 2 rings (SSSR count). The molecule has 0 fully saturated rings. The van der Waals surface area contributed by atoms with Crippen LogP contribution in [0.4, 0.5) is 13.2 Å². The van der Waals surface area contributed by atoms with Gasteiger partial charge in [-0.05, 0) is 48.7 Å². The SMILES string of the molecule is CC(C)(C)c1csc(B(CCC=CC(F)(F)F)c2cc(C(C)(C)C)cs2)c1. The second kappa shape index (κ2) is 8.16. The summed E-state index contributed by atoms with van der Waals surface area (Å²) in [7, 11) is 0. The summed E-state index contributed by atoms with van der Waals surface area (Å²) in [6.45, 7) is 13.2. The lowest BCUT2D eigenvalue weighted by atomic mass is 9.44. The summed E-state index contributed by atoms with van der Waals surface area (Å²) in [6.07, 6.45) is -1.53. The van der Waals surface area contributed by atoms with Crippen LogP contribution in [-0.4, -0.2) is 12.9 Å². The van der Waals surface area contributed by atoms with Crippen molar-refractivity contribution in [1.29, 1.82) is 0 Å². The summed E-state index contributed by atoms with van der Waals surface area (Å²) in [6, 6.07) is 4.47. The first-order valence-corrected chi connectivity index (χ1v) is 11.0. The molecule has 2 aromatic rings. The van der Waals surface area contributed by atoms with E-state index < -0.39 is 6.18 Å². The number of rotatable bonds is 5. The molecule has 0 amide bonds. The molecule has 27 heavy (non-hydrogen) atoms. The third-order valence-electron chi connectivity index (χ3n) is 4.59. The monoisotopic (exact) mass is 412 g/mol. The van der Waals surface area contributed by atoms with Gasteiger partial charge >= 0.3 is 6.18 Å². The van der Waals surface area contributed by atoms with Crippen LogP contribution in [0.5, 0.6) is 0 Å². The molecule has 0 nitrogen and oxygen atoms in total. The van der Waals surface area contributed by atoms with Gasteiger partial charge in [-0.25, -0.2) is 0 Å². The van der Waals surface area contributed by atoms with E-state index in [1.54, 1.807) is 22.7 Å². The zero-order chi connectivity index (χ0) is 20.5. The van der Waals surface area contributed by atoms with Crippen molar-refractivity contribution < 1.29 is 13.2 Å². The van der Waals surface area contributed by atoms with Gasteiger partial charge in [0.25, 0.3) is 0 Å². The minimum Gasteiger partial charge on any atom is -0.167 e. The Bertz CT molecular complexity index is 718. The third kappa shape index (κ3) is 6.53. The predicted octanol–water partition coefficient (Wildman–Crippen LogP) is 6.52. The highest BCUT2D eigenvalue weighted by Gasteiger charge is 2.27. The van der Waals surface area contributed by atoms with E-state index in [1.165, 1.54) is 26.8 Å². The van der Waals surface area contributed by atoms with E-state index in [1.807, 2.05) is 0 Å². The number of hydrogen-bond donors (Lipinski definition) is 0. The molecule has 0 aliphatic rings. The Kier molecular flexibility index (Phi) is 6.74. The molecule has 0 N–H and O–H groups in total. The van der Waals surface area contributed by atoms with Crippen LogP contribution in [0.1, 0.15) is 59.1 Å². The molecule has 0 spiro atoms. The standard InChI is InChI=1S/C21H28BF3S2/c1-19(2,3)15-11-17(26-13-15)22(10-8-7-9-21(23,24)25)18-12-16(14-27-18)20(4,5)6/h7,9,11-14H,8,10H2,1-6H3. The highest BCUT2D eigenvalue weighted by molar-refractivity contribution is 7.31. The summed E-state index contributed by atoms with van der Waals surface area (Å²) in [5, 5.41) is 4.37. The molecule has 0 saturated heterocycles. The lowest BCUT2D eigenvalue weighted by Gasteiger charge is -2.17. The van der Waals surface area contributed by atoms with Crippen molar-refractivity contribution in [1.82, 2.24) is 0 Å². The largest absolute Gasteiger partial charge is 0.409 e. The Morgan fingerprint density at radius 2 is 1.30 bits per heavy atom. The van der Waals surface area contributed by atoms with E-state index in [-0.39, 0.29) is 17.5 Å². The molecular formula is C21H28BF3S2. The molecule has 6 heteroatoms. The molecule has 0 atom stereocenters. The van der Waals surface area contributed by atoms with Gasteiger partial charge in [0.2, 0.25) is 6.71 Å². The summed E-state index contributed by atoms with van der Waals surface area (Å²) in [5.41, 5.74) is 2.71. The lowest BCUT2D eigenvalue weighted by molar-refractivity contribution is -0.0800.